The summed E-state index contributed by atoms with van der Waals surface area (Å²) in [6.07, 6.45) is 0. The number of nitriles is 1. The predicted octanol–water partition coefficient (Wildman–Crippen LogP) is 4.34. The van der Waals surface area contributed by atoms with Crippen molar-refractivity contribution in [2.24, 2.45) is 0 Å². The Morgan fingerprint density at radius 3 is 2.61 bits per heavy atom. The maximum atomic E-state index is 9.34. The van der Waals surface area contributed by atoms with E-state index in [1.807, 2.05) is 32.0 Å². The molecule has 0 amide bonds. The first-order chi connectivity index (χ1) is 15.4. The average Bonchev–Trinajstić information content (AvgIpc) is 2.80. The number of methoxy groups -OCH3 is 1. The number of aliphatic hydroxyl groups is 1. The fourth-order valence-corrected chi connectivity index (χ4v) is 3.28. The van der Waals surface area contributed by atoms with Crippen LogP contribution in [0.3, 0.4) is 0 Å². The number of fused-ring (bicyclic) bond motifs is 1. The van der Waals surface area contributed by atoms with E-state index in [1.54, 1.807) is 25.3 Å². The molecule has 1 heterocycles. The molecule has 7 nitrogen and oxygen atoms in total. The van der Waals surface area contributed by atoms with Crippen molar-refractivity contribution in [3.05, 3.63) is 58.2 Å². The third-order valence-corrected chi connectivity index (χ3v) is 4.92. The van der Waals surface area contributed by atoms with Crippen LogP contribution in [0.25, 0.3) is 10.8 Å². The molecule has 2 aromatic carbocycles. The van der Waals surface area contributed by atoms with Crippen molar-refractivity contribution in [3.63, 3.8) is 0 Å². The number of rotatable bonds is 7. The fraction of sp³-hybridized carbons (Fsp3) is 0.292. The molecular weight excluding hydrogens is 463 g/mol. The highest BCUT2D eigenvalue weighted by molar-refractivity contribution is 6.32. The molecule has 0 aliphatic rings. The quantitative estimate of drug-likeness (QED) is 0.479. The van der Waals surface area contributed by atoms with Gasteiger partial charge in [-0.2, -0.15) is 5.26 Å². The lowest BCUT2D eigenvalue weighted by atomic mass is 10.1. The minimum atomic E-state index is -0.756. The minimum absolute atomic E-state index is 0. The van der Waals surface area contributed by atoms with E-state index in [9.17, 15) is 5.26 Å². The average molecular weight is 487 g/mol. The van der Waals surface area contributed by atoms with Gasteiger partial charge >= 0.3 is 0 Å². The van der Waals surface area contributed by atoms with Crippen molar-refractivity contribution < 1.29 is 14.6 Å². The maximum absolute atomic E-state index is 9.34. The van der Waals surface area contributed by atoms with Gasteiger partial charge in [-0.15, -0.1) is 22.6 Å². The lowest BCUT2D eigenvalue weighted by Crippen LogP contribution is -2.23. The number of ether oxygens (including phenoxy) is 2. The van der Waals surface area contributed by atoms with Gasteiger partial charge in [0.25, 0.3) is 0 Å². The number of nitrogens with zero attached hydrogens (tertiary/aromatic N) is 3. The first-order valence-electron chi connectivity index (χ1n) is 9.91. The molecule has 33 heavy (non-hydrogen) atoms. The third-order valence-electron chi connectivity index (χ3n) is 4.62. The van der Waals surface area contributed by atoms with Crippen LogP contribution < -0.4 is 10.1 Å². The molecule has 3 rings (SSSR count). The fourth-order valence-electron chi connectivity index (χ4n) is 3.00. The maximum Gasteiger partial charge on any atom is 0.156 e. The Balaban J connectivity index is 0.00000385. The molecule has 0 unspecified atom stereocenters. The molecule has 9 heteroatoms. The summed E-state index contributed by atoms with van der Waals surface area (Å²) in [6.45, 7) is 4.20. The van der Waals surface area contributed by atoms with Gasteiger partial charge in [0.1, 0.15) is 17.0 Å². The first-order valence-corrected chi connectivity index (χ1v) is 10.3. The lowest BCUT2D eigenvalue weighted by molar-refractivity contribution is 0.00604. The largest absolute Gasteiger partial charge is 0.495 e. The molecule has 172 valence electrons. The lowest BCUT2D eigenvalue weighted by Gasteiger charge is -2.17. The van der Waals surface area contributed by atoms with Gasteiger partial charge in [-0.3, -0.25) is 0 Å². The molecule has 0 saturated heterocycles. The molecule has 0 aliphatic heterocycles. The third kappa shape index (κ3) is 6.71. The van der Waals surface area contributed by atoms with E-state index in [0.29, 0.717) is 34.4 Å². The van der Waals surface area contributed by atoms with Gasteiger partial charge < -0.3 is 19.9 Å². The summed E-state index contributed by atoms with van der Waals surface area (Å²) in [5.74, 6) is 7.19. The summed E-state index contributed by atoms with van der Waals surface area (Å²) in [7, 11) is 1.57. The summed E-state index contributed by atoms with van der Waals surface area (Å²) >= 11 is 6.21. The summed E-state index contributed by atoms with van der Waals surface area (Å²) in [4.78, 5) is 0. The van der Waals surface area contributed by atoms with Crippen molar-refractivity contribution in [2.75, 3.05) is 25.6 Å². The van der Waals surface area contributed by atoms with Crippen molar-refractivity contribution >= 4 is 40.6 Å². The number of aliphatic hydroxyl groups excluding tert-OH is 1. The summed E-state index contributed by atoms with van der Waals surface area (Å²) in [6, 6.07) is 13.0. The van der Waals surface area contributed by atoms with E-state index < -0.39 is 5.60 Å². The van der Waals surface area contributed by atoms with Gasteiger partial charge in [0, 0.05) is 17.3 Å². The van der Waals surface area contributed by atoms with Crippen LogP contribution >= 0.6 is 24.0 Å². The van der Waals surface area contributed by atoms with Crippen LogP contribution in [0, 0.1) is 23.2 Å². The zero-order chi connectivity index (χ0) is 23.1. The van der Waals surface area contributed by atoms with E-state index in [0.717, 1.165) is 16.3 Å². The van der Waals surface area contributed by atoms with Crippen LogP contribution in [0.2, 0.25) is 5.02 Å². The summed E-state index contributed by atoms with van der Waals surface area (Å²) in [5.41, 5.74) is 1.16. The van der Waals surface area contributed by atoms with Gasteiger partial charge in [-0.1, -0.05) is 29.7 Å². The van der Waals surface area contributed by atoms with Crippen LogP contribution in [0.1, 0.15) is 30.7 Å². The van der Waals surface area contributed by atoms with E-state index in [4.69, 9.17) is 26.2 Å². The second-order valence-electron chi connectivity index (χ2n) is 7.42. The molecule has 0 saturated carbocycles. The Bertz CT molecular complexity index is 1230. The van der Waals surface area contributed by atoms with Crippen molar-refractivity contribution in [3.8, 4) is 23.7 Å². The van der Waals surface area contributed by atoms with Crippen LogP contribution in [0.15, 0.2) is 36.4 Å². The van der Waals surface area contributed by atoms with Gasteiger partial charge in [-0.25, -0.2) is 0 Å². The van der Waals surface area contributed by atoms with Gasteiger partial charge in [-0.05, 0) is 49.6 Å². The Morgan fingerprint density at radius 1 is 1.15 bits per heavy atom. The summed E-state index contributed by atoms with van der Waals surface area (Å²) < 4.78 is 10.7. The Labute approximate surface area is 204 Å². The number of halogens is 2. The molecule has 3 aromatic rings. The highest BCUT2D eigenvalue weighted by atomic mass is 35.5. The zero-order valence-corrected chi connectivity index (χ0v) is 20.0. The van der Waals surface area contributed by atoms with Gasteiger partial charge in [0.2, 0.25) is 0 Å². The predicted molar refractivity (Wildman–Crippen MR) is 131 cm³/mol. The SMILES string of the molecule is COc1ccc(CNc2nnc(C#CC(C)(C)OCCO)c3ccc(C#N)cc23)cc1Cl.Cl. The molecule has 0 aliphatic carbocycles. The molecular formula is C24H24Cl2N4O3. The number of benzene rings is 2. The van der Waals surface area contributed by atoms with Gasteiger partial charge in [0.05, 0.1) is 37.0 Å². The topological polar surface area (TPSA) is 100 Å². The normalized spacial score (nSPS) is 10.5. The van der Waals surface area contributed by atoms with Crippen LogP contribution in [-0.2, 0) is 11.3 Å². The number of aromatic nitrogens is 2. The van der Waals surface area contributed by atoms with E-state index in [2.05, 4.69) is 33.4 Å². The number of hydrogen-bond donors (Lipinski definition) is 2. The Hall–Kier alpha value is -3.07. The van der Waals surface area contributed by atoms with Crippen molar-refractivity contribution in [1.29, 1.82) is 5.26 Å². The molecule has 0 atom stereocenters. The van der Waals surface area contributed by atoms with Crippen molar-refractivity contribution in [2.45, 2.75) is 26.0 Å². The van der Waals surface area contributed by atoms with Gasteiger partial charge in [0.15, 0.2) is 5.82 Å². The molecule has 1 aromatic heterocycles. The zero-order valence-electron chi connectivity index (χ0n) is 18.5. The molecule has 0 spiro atoms. The number of anilines is 1. The molecule has 0 radical (unpaired) electrons. The Kier molecular flexibility index (Phi) is 9.28. The monoisotopic (exact) mass is 486 g/mol. The van der Waals surface area contributed by atoms with Crippen molar-refractivity contribution in [1.82, 2.24) is 10.2 Å². The Morgan fingerprint density at radius 2 is 1.94 bits per heavy atom. The van der Waals surface area contributed by atoms with E-state index in [1.165, 1.54) is 0 Å². The summed E-state index contributed by atoms with van der Waals surface area (Å²) in [5, 5.41) is 32.2. The first kappa shape index (κ1) is 26.2. The number of hydrogen-bond acceptors (Lipinski definition) is 7. The molecule has 0 fully saturated rings. The van der Waals surface area contributed by atoms with Crippen LogP contribution in [-0.4, -0.2) is 41.2 Å². The minimum Gasteiger partial charge on any atom is -0.495 e. The van der Waals surface area contributed by atoms with Crippen LogP contribution in [0.4, 0.5) is 5.82 Å². The highest BCUT2D eigenvalue weighted by Crippen LogP contribution is 2.27. The number of nitrogens with one attached hydrogen (secondary N) is 1. The molecule has 2 N–H and O–H groups in total. The second kappa shape index (κ2) is 11.7. The standard InChI is InChI=1S/C24H23ClN4O3.ClH/c1-24(2,32-11-10-30)9-8-21-18-6-4-16(14-26)12-19(18)23(29-28-21)27-15-17-5-7-22(31-3)20(25)13-17;/h4-7,12-13,30H,10-11,15H2,1-3H3,(H,27,29);1H. The second-order valence-corrected chi connectivity index (χ2v) is 7.83. The molecule has 0 bridgehead atoms. The van der Waals surface area contributed by atoms with E-state index in [-0.39, 0.29) is 25.6 Å². The van der Waals surface area contributed by atoms with Crippen LogP contribution in [0.5, 0.6) is 5.75 Å². The highest BCUT2D eigenvalue weighted by Gasteiger charge is 2.15. The smallest absolute Gasteiger partial charge is 0.156 e. The van der Waals surface area contributed by atoms with E-state index >= 15 is 0 Å².